The Bertz CT molecular complexity index is 514. The molecule has 0 saturated carbocycles. The summed E-state index contributed by atoms with van der Waals surface area (Å²) in [5, 5.41) is 3.48. The third-order valence-corrected chi connectivity index (χ3v) is 4.98. The Labute approximate surface area is 120 Å². The normalized spacial score (nSPS) is 24.9. The second-order valence-electron chi connectivity index (χ2n) is 6.17. The maximum absolute atomic E-state index is 12.1. The number of anilines is 1. The van der Waals surface area contributed by atoms with Crippen molar-refractivity contribution in [3.8, 4) is 0 Å². The second-order valence-corrected chi connectivity index (χ2v) is 6.17. The van der Waals surface area contributed by atoms with Crippen molar-refractivity contribution in [1.82, 2.24) is 9.80 Å². The third-order valence-electron chi connectivity index (χ3n) is 4.98. The predicted octanol–water partition coefficient (Wildman–Crippen LogP) is 1.93. The average Bonchev–Trinajstić information content (AvgIpc) is 3.10. The van der Waals surface area contributed by atoms with Crippen LogP contribution in [0.2, 0.25) is 0 Å². The van der Waals surface area contributed by atoms with Crippen molar-refractivity contribution in [3.05, 3.63) is 23.8 Å². The van der Waals surface area contributed by atoms with Crippen molar-refractivity contribution < 1.29 is 4.79 Å². The summed E-state index contributed by atoms with van der Waals surface area (Å²) in [6.45, 7) is 6.10. The lowest BCUT2D eigenvalue weighted by Crippen LogP contribution is -2.56. The molecule has 2 aliphatic rings. The number of nitrogens with one attached hydrogen (secondary N) is 1. The first-order valence-electron chi connectivity index (χ1n) is 7.62. The van der Waals surface area contributed by atoms with Gasteiger partial charge in [0.25, 0.3) is 0 Å². The van der Waals surface area contributed by atoms with Gasteiger partial charge in [0.1, 0.15) is 11.7 Å². The van der Waals surface area contributed by atoms with Crippen LogP contribution in [0.15, 0.2) is 18.2 Å². The summed E-state index contributed by atoms with van der Waals surface area (Å²) in [6, 6.07) is 6.50. The van der Waals surface area contributed by atoms with E-state index in [9.17, 15) is 4.79 Å². The number of benzene rings is 1. The van der Waals surface area contributed by atoms with Gasteiger partial charge in [0.2, 0.25) is 0 Å². The van der Waals surface area contributed by atoms with Crippen molar-refractivity contribution in [1.29, 1.82) is 0 Å². The number of nitrogen functional groups attached to an aromatic ring is 1. The molecule has 1 aromatic rings. The zero-order chi connectivity index (χ0) is 14.2. The lowest BCUT2D eigenvalue weighted by atomic mass is 10.0. The first kappa shape index (κ1) is 13.6. The molecule has 4 heteroatoms. The van der Waals surface area contributed by atoms with E-state index in [1.165, 1.54) is 24.9 Å². The number of nitrogens with two attached hydrogens (primary N) is 1. The topological polar surface area (TPSA) is 55.1 Å². The first-order chi connectivity index (χ1) is 9.63. The van der Waals surface area contributed by atoms with Crippen LogP contribution in [-0.4, -0.2) is 38.0 Å². The zero-order valence-corrected chi connectivity index (χ0v) is 12.2. The molecule has 1 aromatic carbocycles. The number of carbonyl (C=O) groups excluding carboxylic acids is 1. The molecule has 0 aromatic heterocycles. The fraction of sp³-hybridized carbons (Fsp3) is 0.562. The number of likely N-dealkylation sites (tertiary alicyclic amines) is 1. The lowest BCUT2D eigenvalue weighted by molar-refractivity contribution is 0.101. The van der Waals surface area contributed by atoms with Gasteiger partial charge in [-0.1, -0.05) is 0 Å². The molecule has 0 aliphatic carbocycles. The number of nitrogens with zero attached hydrogens (tertiary/aromatic N) is 1. The maximum atomic E-state index is 12.1. The summed E-state index contributed by atoms with van der Waals surface area (Å²) in [5.41, 5.74) is 8.58. The molecule has 4 nitrogen and oxygen atoms in total. The van der Waals surface area contributed by atoms with Gasteiger partial charge in [-0.15, -0.1) is 0 Å². The summed E-state index contributed by atoms with van der Waals surface area (Å²) in [7, 11) is 0. The van der Waals surface area contributed by atoms with Gasteiger partial charge >= 0.3 is 0 Å². The SMILES string of the molecule is CC(=O)c1cc(N)ccc1[N+]1([C@@H]2CCNC2)CCCC1. The van der Waals surface area contributed by atoms with Crippen molar-refractivity contribution in [2.24, 2.45) is 0 Å². The van der Waals surface area contributed by atoms with Gasteiger partial charge in [-0.2, -0.15) is 0 Å². The molecule has 2 fully saturated rings. The predicted molar refractivity (Wildman–Crippen MR) is 82.9 cm³/mol. The average molecular weight is 274 g/mol. The van der Waals surface area contributed by atoms with Crippen LogP contribution in [0.25, 0.3) is 0 Å². The van der Waals surface area contributed by atoms with Crippen LogP contribution in [0.4, 0.5) is 11.4 Å². The lowest BCUT2D eigenvalue weighted by Gasteiger charge is -2.40. The molecule has 108 valence electrons. The van der Waals surface area contributed by atoms with E-state index >= 15 is 0 Å². The zero-order valence-electron chi connectivity index (χ0n) is 12.2. The Morgan fingerprint density at radius 3 is 2.70 bits per heavy atom. The molecule has 0 radical (unpaired) electrons. The third kappa shape index (κ3) is 2.13. The minimum absolute atomic E-state index is 0.127. The highest BCUT2D eigenvalue weighted by atomic mass is 16.1. The molecule has 2 heterocycles. The molecule has 0 amide bonds. The molecular weight excluding hydrogens is 250 g/mol. The number of hydrogen-bond acceptors (Lipinski definition) is 3. The summed E-state index contributed by atoms with van der Waals surface area (Å²) < 4.78 is 0.974. The van der Waals surface area contributed by atoms with E-state index in [4.69, 9.17) is 5.73 Å². The highest BCUT2D eigenvalue weighted by molar-refractivity contribution is 6.00. The van der Waals surface area contributed by atoms with Crippen molar-refractivity contribution in [2.75, 3.05) is 31.9 Å². The number of Topliss-reactive ketones (excluding diaryl/α,β-unsaturated/α-hetero) is 1. The smallest absolute Gasteiger partial charge is 0.165 e. The molecule has 3 rings (SSSR count). The Morgan fingerprint density at radius 1 is 1.35 bits per heavy atom. The molecule has 0 spiro atoms. The van der Waals surface area contributed by atoms with Gasteiger partial charge in [-0.05, 0) is 19.1 Å². The highest BCUT2D eigenvalue weighted by Crippen LogP contribution is 2.38. The Morgan fingerprint density at radius 2 is 2.10 bits per heavy atom. The first-order valence-corrected chi connectivity index (χ1v) is 7.62. The number of hydrogen-bond donors (Lipinski definition) is 2. The van der Waals surface area contributed by atoms with Gasteiger partial charge in [0, 0.05) is 44.1 Å². The quantitative estimate of drug-likeness (QED) is 0.503. The van der Waals surface area contributed by atoms with Gasteiger partial charge < -0.3 is 11.1 Å². The van der Waals surface area contributed by atoms with Crippen LogP contribution in [0.3, 0.4) is 0 Å². The van der Waals surface area contributed by atoms with Crippen LogP contribution >= 0.6 is 0 Å². The van der Waals surface area contributed by atoms with Crippen LogP contribution < -0.4 is 15.5 Å². The van der Waals surface area contributed by atoms with E-state index in [1.54, 1.807) is 6.92 Å². The van der Waals surface area contributed by atoms with Crippen molar-refractivity contribution >= 4 is 17.2 Å². The van der Waals surface area contributed by atoms with Gasteiger partial charge in [0.05, 0.1) is 18.7 Å². The summed E-state index contributed by atoms with van der Waals surface area (Å²) in [5.74, 6) is 0.127. The molecule has 3 N–H and O–H groups in total. The standard InChI is InChI=1S/C16H24N3O/c1-12(20)15-10-13(17)4-5-16(15)19(8-2-3-9-19)14-6-7-18-11-14/h4-5,10,14,18H,2-3,6-9,11,17H2,1H3/q+1/t14-/m1/s1. The van der Waals surface area contributed by atoms with Crippen LogP contribution in [0.1, 0.15) is 36.5 Å². The molecule has 0 unspecified atom stereocenters. The molecule has 2 aliphatic heterocycles. The number of quaternary nitrogens is 1. The molecule has 2 saturated heterocycles. The van der Waals surface area contributed by atoms with Crippen LogP contribution in [-0.2, 0) is 0 Å². The minimum atomic E-state index is 0.127. The second kappa shape index (κ2) is 5.19. The van der Waals surface area contributed by atoms with E-state index in [0.717, 1.165) is 36.2 Å². The molecule has 1 atom stereocenters. The Kier molecular flexibility index (Phi) is 3.52. The van der Waals surface area contributed by atoms with Crippen molar-refractivity contribution in [3.63, 3.8) is 0 Å². The Hall–Kier alpha value is -1.39. The van der Waals surface area contributed by atoms with E-state index in [2.05, 4.69) is 11.4 Å². The molecule has 20 heavy (non-hydrogen) atoms. The summed E-state index contributed by atoms with van der Waals surface area (Å²) in [6.07, 6.45) is 3.69. The van der Waals surface area contributed by atoms with E-state index in [0.29, 0.717) is 11.7 Å². The summed E-state index contributed by atoms with van der Waals surface area (Å²) >= 11 is 0. The van der Waals surface area contributed by atoms with Gasteiger partial charge in [-0.25, -0.2) is 0 Å². The highest BCUT2D eigenvalue weighted by Gasteiger charge is 2.44. The van der Waals surface area contributed by atoms with E-state index in [-0.39, 0.29) is 5.78 Å². The van der Waals surface area contributed by atoms with E-state index < -0.39 is 0 Å². The fourth-order valence-electron chi connectivity index (χ4n) is 3.99. The van der Waals surface area contributed by atoms with Gasteiger partial charge in [-0.3, -0.25) is 9.28 Å². The largest absolute Gasteiger partial charge is 0.399 e. The Balaban J connectivity index is 2.10. The van der Waals surface area contributed by atoms with Crippen LogP contribution in [0.5, 0.6) is 0 Å². The fourth-order valence-corrected chi connectivity index (χ4v) is 3.99. The number of rotatable bonds is 3. The maximum Gasteiger partial charge on any atom is 0.165 e. The summed E-state index contributed by atoms with van der Waals surface area (Å²) in [4.78, 5) is 12.1. The minimum Gasteiger partial charge on any atom is -0.399 e. The van der Waals surface area contributed by atoms with E-state index in [1.807, 2.05) is 12.1 Å². The number of carbonyl (C=O) groups is 1. The van der Waals surface area contributed by atoms with Crippen molar-refractivity contribution in [2.45, 2.75) is 32.2 Å². The monoisotopic (exact) mass is 274 g/mol. The van der Waals surface area contributed by atoms with Crippen LogP contribution in [0, 0.1) is 0 Å². The number of ketones is 1. The molecular formula is C16H24N3O+. The molecule has 0 bridgehead atoms. The van der Waals surface area contributed by atoms with Gasteiger partial charge in [0.15, 0.2) is 5.78 Å².